The predicted octanol–water partition coefficient (Wildman–Crippen LogP) is 3.94. The van der Waals surface area contributed by atoms with Gasteiger partial charge < -0.3 is 47.5 Å². The Morgan fingerprint density at radius 1 is 0.742 bits per heavy atom. The molecular weight excluding hydrogens is 836 g/mol. The second-order valence-electron chi connectivity index (χ2n) is 16.1. The van der Waals surface area contributed by atoms with Crippen LogP contribution in [0.1, 0.15) is 62.3 Å². The van der Waals surface area contributed by atoms with Crippen molar-refractivity contribution in [3.05, 3.63) is 98.4 Å². The predicted molar refractivity (Wildman–Crippen MR) is 199 cm³/mol. The second kappa shape index (κ2) is 16.0. The molecule has 1 amide bonds. The molecule has 27 nitrogen and oxygen atoms in total. The molecule has 0 radical (unpaired) electrons. The average Bonchev–Trinajstić information content (AvgIpc) is 3.96. The molecule has 0 aliphatic carbocycles. The highest BCUT2D eigenvalue weighted by atomic mass is 16.8. The third-order valence-electron chi connectivity index (χ3n) is 10.4. The molecule has 5 aliphatic rings. The van der Waals surface area contributed by atoms with Gasteiger partial charge in [0, 0.05) is 29.2 Å². The van der Waals surface area contributed by atoms with Crippen LogP contribution in [-0.2, 0) is 42.6 Å². The molecule has 0 saturated carbocycles. The molecule has 7 rings (SSSR count). The van der Waals surface area contributed by atoms with E-state index in [4.69, 9.17) is 42.6 Å². The number of hydrogen-bond acceptors (Lipinski definition) is 20. The van der Waals surface area contributed by atoms with Crippen LogP contribution in [-0.4, -0.2) is 128 Å². The largest absolute Gasteiger partial charge is 0.454 e. The molecule has 10 atom stereocenters. The van der Waals surface area contributed by atoms with Gasteiger partial charge in [-0.15, -0.1) is 0 Å². The number of carbonyl (C=O) groups excluding carboxylic acids is 2. The van der Waals surface area contributed by atoms with Gasteiger partial charge in [0.05, 0.1) is 68.2 Å². The van der Waals surface area contributed by atoms with Gasteiger partial charge in [-0.2, -0.15) is 0 Å². The molecular formula is C35H38N8O19. The summed E-state index contributed by atoms with van der Waals surface area (Å²) in [6, 6.07) is 1.45. The van der Waals surface area contributed by atoms with E-state index in [0.29, 0.717) is 24.3 Å². The van der Waals surface area contributed by atoms with E-state index >= 15 is 4.79 Å². The molecule has 5 heterocycles. The number of hydrogen-bond donors (Lipinski definition) is 0. The molecule has 5 aliphatic heterocycles. The fraction of sp³-hybridized carbons (Fsp3) is 0.600. The quantitative estimate of drug-likeness (QED) is 0.0686. The molecule has 2 aromatic carbocycles. The first-order valence-electron chi connectivity index (χ1n) is 18.7. The number of nitro groups is 4. The van der Waals surface area contributed by atoms with Crippen molar-refractivity contribution in [3.8, 4) is 0 Å². The van der Waals surface area contributed by atoms with E-state index in [1.165, 1.54) is 0 Å². The normalized spacial score (nSPS) is 30.4. The molecule has 0 spiro atoms. The van der Waals surface area contributed by atoms with Crippen LogP contribution >= 0.6 is 0 Å². The Labute approximate surface area is 348 Å². The SMILES string of the molecule is CC1(C)O[C@H]2O[C@H]([C@@H](CN(C(=O)c3cc([N+](=O)[O-])cc([N+](=O)[O-])c3)[C@@H]3[C@H]4OC(C)(C)O[C@H]4O[C@@H]3[C@H]3COC(C)(C)O3)OC(=O)c3cc([N+](=O)[O-])cc([N+](=O)[O-])c3)[C@H](N=[N+]=[N-])[C@H]2O1. The lowest BCUT2D eigenvalue weighted by Crippen LogP contribution is -2.58. The van der Waals surface area contributed by atoms with Crippen molar-refractivity contribution in [1.29, 1.82) is 0 Å². The van der Waals surface area contributed by atoms with Gasteiger partial charge in [0.2, 0.25) is 0 Å². The Hall–Kier alpha value is -6.03. The maximum atomic E-state index is 15.1. The van der Waals surface area contributed by atoms with Crippen molar-refractivity contribution < 1.29 is 71.9 Å². The maximum absolute atomic E-state index is 15.1. The van der Waals surface area contributed by atoms with Gasteiger partial charge in [-0.3, -0.25) is 45.3 Å². The number of amides is 1. The van der Waals surface area contributed by atoms with Crippen LogP contribution in [0.4, 0.5) is 22.7 Å². The first kappa shape index (κ1) is 44.0. The molecule has 0 unspecified atom stereocenters. The summed E-state index contributed by atoms with van der Waals surface area (Å²) >= 11 is 0. The smallest absolute Gasteiger partial charge is 0.339 e. The highest BCUT2D eigenvalue weighted by Crippen LogP contribution is 2.45. The number of ether oxygens (including phenoxy) is 9. The Bertz CT molecular complexity index is 2200. The lowest BCUT2D eigenvalue weighted by molar-refractivity contribution is -0.394. The molecule has 27 heteroatoms. The molecule has 62 heavy (non-hydrogen) atoms. The first-order valence-corrected chi connectivity index (χ1v) is 18.7. The summed E-state index contributed by atoms with van der Waals surface area (Å²) in [4.78, 5) is 76.9. The van der Waals surface area contributed by atoms with E-state index in [1.54, 1.807) is 41.5 Å². The van der Waals surface area contributed by atoms with Gasteiger partial charge in [0.1, 0.15) is 36.6 Å². The summed E-state index contributed by atoms with van der Waals surface area (Å²) in [6.45, 7) is 8.45. The highest BCUT2D eigenvalue weighted by molar-refractivity contribution is 5.96. The van der Waals surface area contributed by atoms with Gasteiger partial charge in [-0.05, 0) is 47.1 Å². The van der Waals surface area contributed by atoms with Gasteiger partial charge in [0.15, 0.2) is 29.9 Å². The van der Waals surface area contributed by atoms with Gasteiger partial charge in [-0.1, -0.05) is 5.11 Å². The number of esters is 1. The van der Waals surface area contributed by atoms with Crippen molar-refractivity contribution in [2.45, 2.75) is 120 Å². The Kier molecular flexibility index (Phi) is 11.4. The van der Waals surface area contributed by atoms with Crippen molar-refractivity contribution >= 4 is 34.6 Å². The fourth-order valence-electron chi connectivity index (χ4n) is 8.04. The van der Waals surface area contributed by atoms with Crippen LogP contribution in [0.2, 0.25) is 0 Å². The van der Waals surface area contributed by atoms with Crippen molar-refractivity contribution in [2.24, 2.45) is 5.11 Å². The molecule has 0 aromatic heterocycles. The van der Waals surface area contributed by atoms with E-state index in [2.05, 4.69) is 10.0 Å². The minimum absolute atomic E-state index is 0.107. The van der Waals surface area contributed by atoms with Crippen LogP contribution in [0.25, 0.3) is 10.4 Å². The van der Waals surface area contributed by atoms with Gasteiger partial charge in [0.25, 0.3) is 28.7 Å². The van der Waals surface area contributed by atoms with Crippen LogP contribution < -0.4 is 0 Å². The van der Waals surface area contributed by atoms with Crippen LogP contribution in [0, 0.1) is 40.5 Å². The number of azide groups is 1. The Morgan fingerprint density at radius 3 is 1.73 bits per heavy atom. The molecule has 5 saturated heterocycles. The third kappa shape index (κ3) is 8.69. The minimum atomic E-state index is -1.85. The number of nitro benzene ring substituents is 4. The van der Waals surface area contributed by atoms with Crippen molar-refractivity contribution in [3.63, 3.8) is 0 Å². The number of benzene rings is 2. The summed E-state index contributed by atoms with van der Waals surface area (Å²) in [7, 11) is 0. The standard InChI is InChI=1S/C35H38N8O19/c1-33(2)54-14-22(58-33)26-24(28-32(57-26)62-35(5,6)60-28)39(29(44)15-7-17(40(46)47)11-18(8-15)41(48)49)13-21(25-23(37-38-36)27-31(56-25)61-34(3,4)59-27)55-30(45)16-9-19(42(50)51)12-20(10-16)43(52)53/h7-12,21-28,31-32H,13-14H2,1-6H3/t21-,22-,23+,24+,25-,26-,27-,28-,31-,32-/m1/s1. The zero-order chi connectivity index (χ0) is 45.2. The second-order valence-corrected chi connectivity index (χ2v) is 16.1. The lowest BCUT2D eigenvalue weighted by atomic mass is 9.97. The zero-order valence-corrected chi connectivity index (χ0v) is 33.5. The van der Waals surface area contributed by atoms with E-state index in [0.717, 1.165) is 17.0 Å². The van der Waals surface area contributed by atoms with Crippen LogP contribution in [0.15, 0.2) is 41.5 Å². The lowest BCUT2D eigenvalue weighted by Gasteiger charge is -2.39. The van der Waals surface area contributed by atoms with E-state index in [1.807, 2.05) is 0 Å². The number of nitrogens with zero attached hydrogens (tertiary/aromatic N) is 8. The fourth-order valence-corrected chi connectivity index (χ4v) is 8.04. The molecule has 0 bridgehead atoms. The number of rotatable bonds is 13. The number of carbonyl (C=O) groups is 2. The highest BCUT2D eigenvalue weighted by Gasteiger charge is 2.62. The van der Waals surface area contributed by atoms with E-state index < -0.39 is 151 Å². The monoisotopic (exact) mass is 874 g/mol. The van der Waals surface area contributed by atoms with Crippen molar-refractivity contribution in [2.75, 3.05) is 13.2 Å². The number of non-ortho nitro benzene ring substituents is 4. The average molecular weight is 875 g/mol. The zero-order valence-electron chi connectivity index (χ0n) is 33.5. The van der Waals surface area contributed by atoms with Gasteiger partial charge in [-0.25, -0.2) is 4.79 Å². The first-order chi connectivity index (χ1) is 29.0. The summed E-state index contributed by atoms with van der Waals surface area (Å²) in [5.41, 5.74) is 5.04. The molecule has 2 aromatic rings. The van der Waals surface area contributed by atoms with Gasteiger partial charge >= 0.3 is 5.97 Å². The Morgan fingerprint density at radius 2 is 1.24 bits per heavy atom. The summed E-state index contributed by atoms with van der Waals surface area (Å²) in [6.07, 6.45) is -10.5. The van der Waals surface area contributed by atoms with Crippen molar-refractivity contribution in [1.82, 2.24) is 4.90 Å². The molecule has 0 N–H and O–H groups in total. The maximum Gasteiger partial charge on any atom is 0.339 e. The van der Waals surface area contributed by atoms with E-state index in [9.17, 15) is 50.8 Å². The topological polar surface area (TPSA) is 342 Å². The Balaban J connectivity index is 1.39. The number of fused-ring (bicyclic) bond motifs is 2. The molecule has 332 valence electrons. The minimum Gasteiger partial charge on any atom is -0.454 e. The van der Waals surface area contributed by atoms with Crippen LogP contribution in [0.3, 0.4) is 0 Å². The summed E-state index contributed by atoms with van der Waals surface area (Å²) < 4.78 is 54.5. The summed E-state index contributed by atoms with van der Waals surface area (Å²) in [5.74, 6) is -6.36. The van der Waals surface area contributed by atoms with Crippen LogP contribution in [0.5, 0.6) is 0 Å². The van der Waals surface area contributed by atoms with E-state index in [-0.39, 0.29) is 6.61 Å². The molecule has 5 fully saturated rings. The summed E-state index contributed by atoms with van der Waals surface area (Å²) in [5, 5.41) is 51.4. The third-order valence-corrected chi connectivity index (χ3v) is 10.4.